The molecule has 3 rings (SSSR count). The molecule has 2 aromatic carbocycles. The van der Waals surface area contributed by atoms with Crippen LogP contribution in [0.5, 0.6) is 5.75 Å². The highest BCUT2D eigenvalue weighted by molar-refractivity contribution is 7.91. The second-order valence-corrected chi connectivity index (χ2v) is 11.2. The van der Waals surface area contributed by atoms with Crippen LogP contribution in [0.15, 0.2) is 42.5 Å². The van der Waals surface area contributed by atoms with Gasteiger partial charge in [-0.3, -0.25) is 4.79 Å². The number of sulfone groups is 1. The number of rotatable bonds is 7. The summed E-state index contributed by atoms with van der Waals surface area (Å²) in [5.74, 6) is 0.864. The molecule has 2 aromatic rings. The van der Waals surface area contributed by atoms with E-state index < -0.39 is 15.9 Å². The van der Waals surface area contributed by atoms with Crippen LogP contribution in [-0.4, -0.2) is 42.9 Å². The Labute approximate surface area is 190 Å². The van der Waals surface area contributed by atoms with E-state index in [-0.39, 0.29) is 23.5 Å². The molecule has 2 unspecified atom stereocenters. The van der Waals surface area contributed by atoms with E-state index in [1.807, 2.05) is 19.1 Å². The van der Waals surface area contributed by atoms with Gasteiger partial charge in [0.15, 0.2) is 15.9 Å². The van der Waals surface area contributed by atoms with Gasteiger partial charge in [-0.25, -0.2) is 8.42 Å². The van der Waals surface area contributed by atoms with Gasteiger partial charge in [-0.15, -0.1) is 0 Å². The molecule has 2 atom stereocenters. The minimum Gasteiger partial charge on any atom is -0.481 e. The van der Waals surface area contributed by atoms with Crippen molar-refractivity contribution in [3.05, 3.63) is 64.2 Å². The van der Waals surface area contributed by atoms with E-state index in [2.05, 4.69) is 26.0 Å². The first kappa shape index (κ1) is 23.6. The molecule has 0 radical (unpaired) electrons. The van der Waals surface area contributed by atoms with Gasteiger partial charge >= 0.3 is 0 Å². The number of benzene rings is 2. The molecular weight excluding hydrogens is 434 g/mol. The SMILES string of the molecule is Cc1cc(OC(C)C(=O)N(Cc2ccc(C(C)C)cc2)C2CCS(=O)(=O)C2)ccc1Cl. The lowest BCUT2D eigenvalue weighted by molar-refractivity contribution is -0.140. The molecule has 0 bridgehead atoms. The summed E-state index contributed by atoms with van der Waals surface area (Å²) in [6, 6.07) is 13.0. The van der Waals surface area contributed by atoms with E-state index in [0.29, 0.717) is 29.7 Å². The Kier molecular flexibility index (Phi) is 7.32. The normalized spacial score (nSPS) is 18.7. The fourth-order valence-corrected chi connectivity index (χ4v) is 5.64. The minimum atomic E-state index is -3.13. The Bertz CT molecular complexity index is 1030. The number of amides is 1. The summed E-state index contributed by atoms with van der Waals surface area (Å²) in [4.78, 5) is 15.0. The Morgan fingerprint density at radius 1 is 1.16 bits per heavy atom. The van der Waals surface area contributed by atoms with Crippen molar-refractivity contribution in [3.8, 4) is 5.75 Å². The van der Waals surface area contributed by atoms with Gasteiger partial charge in [-0.1, -0.05) is 49.7 Å². The zero-order valence-corrected chi connectivity index (χ0v) is 20.0. The van der Waals surface area contributed by atoms with Crippen molar-refractivity contribution < 1.29 is 17.9 Å². The predicted molar refractivity (Wildman–Crippen MR) is 124 cm³/mol. The number of aryl methyl sites for hydroxylation is 1. The van der Waals surface area contributed by atoms with Crippen LogP contribution in [0.1, 0.15) is 49.8 Å². The number of halogens is 1. The van der Waals surface area contributed by atoms with Gasteiger partial charge in [0.05, 0.1) is 11.5 Å². The summed E-state index contributed by atoms with van der Waals surface area (Å²) in [7, 11) is -3.13. The van der Waals surface area contributed by atoms with Gasteiger partial charge in [0.2, 0.25) is 0 Å². The zero-order chi connectivity index (χ0) is 22.8. The summed E-state index contributed by atoms with van der Waals surface area (Å²) >= 11 is 6.08. The Morgan fingerprint density at radius 3 is 2.39 bits per heavy atom. The number of hydrogen-bond acceptors (Lipinski definition) is 4. The number of carbonyl (C=O) groups is 1. The third-order valence-electron chi connectivity index (χ3n) is 5.72. The third kappa shape index (κ3) is 6.01. The first-order valence-corrected chi connectivity index (χ1v) is 12.8. The summed E-state index contributed by atoms with van der Waals surface area (Å²) in [5.41, 5.74) is 3.05. The van der Waals surface area contributed by atoms with E-state index in [0.717, 1.165) is 11.1 Å². The molecule has 0 aromatic heterocycles. The summed E-state index contributed by atoms with van der Waals surface area (Å²) < 4.78 is 30.1. The van der Waals surface area contributed by atoms with Crippen LogP contribution in [-0.2, 0) is 21.2 Å². The topological polar surface area (TPSA) is 63.7 Å². The molecule has 168 valence electrons. The first-order valence-electron chi connectivity index (χ1n) is 10.6. The highest BCUT2D eigenvalue weighted by Crippen LogP contribution is 2.25. The van der Waals surface area contributed by atoms with Gasteiger partial charge < -0.3 is 9.64 Å². The first-order chi connectivity index (χ1) is 14.6. The van der Waals surface area contributed by atoms with Crippen LogP contribution in [0.25, 0.3) is 0 Å². The summed E-state index contributed by atoms with van der Waals surface area (Å²) in [5, 5.41) is 0.633. The lowest BCUT2D eigenvalue weighted by Crippen LogP contribution is -2.46. The number of carbonyl (C=O) groups excluding carboxylic acids is 1. The van der Waals surface area contributed by atoms with Crippen LogP contribution < -0.4 is 4.74 Å². The van der Waals surface area contributed by atoms with Crippen molar-refractivity contribution in [2.24, 2.45) is 0 Å². The zero-order valence-electron chi connectivity index (χ0n) is 18.5. The van der Waals surface area contributed by atoms with Crippen LogP contribution in [0.4, 0.5) is 0 Å². The van der Waals surface area contributed by atoms with Crippen LogP contribution in [0, 0.1) is 6.92 Å². The van der Waals surface area contributed by atoms with Gasteiger partial charge in [0.25, 0.3) is 5.91 Å². The monoisotopic (exact) mass is 463 g/mol. The lowest BCUT2D eigenvalue weighted by Gasteiger charge is -2.31. The molecule has 0 N–H and O–H groups in total. The van der Waals surface area contributed by atoms with Crippen molar-refractivity contribution >= 4 is 27.3 Å². The van der Waals surface area contributed by atoms with Crippen LogP contribution >= 0.6 is 11.6 Å². The maximum absolute atomic E-state index is 13.4. The highest BCUT2D eigenvalue weighted by Gasteiger charge is 2.36. The van der Waals surface area contributed by atoms with Crippen molar-refractivity contribution in [1.82, 2.24) is 4.90 Å². The molecule has 1 aliphatic heterocycles. The number of hydrogen-bond donors (Lipinski definition) is 0. The highest BCUT2D eigenvalue weighted by atomic mass is 35.5. The standard InChI is InChI=1S/C24H30ClNO4S/c1-16(2)20-7-5-19(6-8-20)14-26(21-11-12-31(28,29)15-21)24(27)18(4)30-22-9-10-23(25)17(3)13-22/h5-10,13,16,18,21H,11-12,14-15H2,1-4H3. The molecule has 1 heterocycles. The van der Waals surface area contributed by atoms with E-state index >= 15 is 0 Å². The lowest BCUT2D eigenvalue weighted by atomic mass is 10.0. The van der Waals surface area contributed by atoms with Crippen molar-refractivity contribution in [1.29, 1.82) is 0 Å². The Balaban J connectivity index is 1.80. The second kappa shape index (κ2) is 9.61. The van der Waals surface area contributed by atoms with Crippen LogP contribution in [0.2, 0.25) is 5.02 Å². The van der Waals surface area contributed by atoms with Gasteiger partial charge in [0.1, 0.15) is 5.75 Å². The van der Waals surface area contributed by atoms with E-state index in [1.165, 1.54) is 5.56 Å². The molecular formula is C24H30ClNO4S. The molecule has 1 fully saturated rings. The molecule has 5 nitrogen and oxygen atoms in total. The average molecular weight is 464 g/mol. The smallest absolute Gasteiger partial charge is 0.263 e. The Morgan fingerprint density at radius 2 is 1.84 bits per heavy atom. The van der Waals surface area contributed by atoms with Gasteiger partial charge in [0, 0.05) is 17.6 Å². The molecule has 0 aliphatic carbocycles. The molecule has 7 heteroatoms. The minimum absolute atomic E-state index is 0.00437. The maximum Gasteiger partial charge on any atom is 0.263 e. The second-order valence-electron chi connectivity index (χ2n) is 8.59. The molecule has 31 heavy (non-hydrogen) atoms. The largest absolute Gasteiger partial charge is 0.481 e. The van der Waals surface area contributed by atoms with Crippen molar-refractivity contribution in [2.45, 2.75) is 58.7 Å². The summed E-state index contributed by atoms with van der Waals surface area (Å²) in [6.45, 7) is 8.19. The van der Waals surface area contributed by atoms with Gasteiger partial charge in [-0.05, 0) is 61.1 Å². The number of nitrogens with zero attached hydrogens (tertiary/aromatic N) is 1. The van der Waals surface area contributed by atoms with E-state index in [9.17, 15) is 13.2 Å². The fraction of sp³-hybridized carbons (Fsp3) is 0.458. The van der Waals surface area contributed by atoms with E-state index in [4.69, 9.17) is 16.3 Å². The molecule has 0 spiro atoms. The van der Waals surface area contributed by atoms with Crippen molar-refractivity contribution in [3.63, 3.8) is 0 Å². The fourth-order valence-electron chi connectivity index (χ4n) is 3.79. The molecule has 1 amide bonds. The molecule has 1 aliphatic rings. The quantitative estimate of drug-likeness (QED) is 0.594. The molecule has 1 saturated heterocycles. The maximum atomic E-state index is 13.4. The Hall–Kier alpha value is -2.05. The number of ether oxygens (including phenoxy) is 1. The predicted octanol–water partition coefficient (Wildman–Crippen LogP) is 4.76. The van der Waals surface area contributed by atoms with Crippen molar-refractivity contribution in [2.75, 3.05) is 11.5 Å². The van der Waals surface area contributed by atoms with Gasteiger partial charge in [-0.2, -0.15) is 0 Å². The van der Waals surface area contributed by atoms with E-state index in [1.54, 1.807) is 30.0 Å². The third-order valence-corrected chi connectivity index (χ3v) is 7.90. The van der Waals surface area contributed by atoms with Crippen LogP contribution in [0.3, 0.4) is 0 Å². The average Bonchev–Trinajstić information content (AvgIpc) is 3.08. The molecule has 0 saturated carbocycles. The summed E-state index contributed by atoms with van der Waals surface area (Å²) in [6.07, 6.45) is -0.302.